The van der Waals surface area contributed by atoms with Crippen molar-refractivity contribution in [3.05, 3.63) is 22.4 Å². The number of likely N-dealkylation sites (N-methyl/N-ethyl adjacent to an activating group) is 1. The quantitative estimate of drug-likeness (QED) is 0.783. The van der Waals surface area contributed by atoms with Crippen molar-refractivity contribution >= 4 is 21.8 Å². The number of amides is 1. The van der Waals surface area contributed by atoms with Crippen LogP contribution in [0.1, 0.15) is 43.1 Å². The number of aryl methyl sites for hydroxylation is 1. The molecule has 1 heterocycles. The van der Waals surface area contributed by atoms with E-state index in [1.165, 1.54) is 12.8 Å². The number of hydrogen-bond donors (Lipinski definition) is 0. The average molecular weight is 356 g/mol. The topological polar surface area (TPSA) is 28.5 Å². The monoisotopic (exact) mass is 355 g/mol. The molecule has 0 aliphatic heterocycles. The molecule has 0 saturated heterocycles. The van der Waals surface area contributed by atoms with Crippen molar-refractivity contribution in [2.45, 2.75) is 45.2 Å². The number of carbonyl (C=O) groups excluding carboxylic acids is 1. The molecule has 0 bridgehead atoms. The summed E-state index contributed by atoms with van der Waals surface area (Å²) in [5, 5.41) is 0. The van der Waals surface area contributed by atoms with E-state index in [0.29, 0.717) is 6.04 Å². The minimum Gasteiger partial charge on any atom is -0.343 e. The molecule has 1 aliphatic carbocycles. The first-order valence-corrected chi connectivity index (χ1v) is 8.63. The molecule has 0 unspecified atom stereocenters. The van der Waals surface area contributed by atoms with Crippen LogP contribution < -0.4 is 0 Å². The van der Waals surface area contributed by atoms with Gasteiger partial charge in [-0.15, -0.1) is 0 Å². The van der Waals surface area contributed by atoms with Crippen molar-refractivity contribution < 1.29 is 4.79 Å². The molecule has 21 heavy (non-hydrogen) atoms. The van der Waals surface area contributed by atoms with Gasteiger partial charge in [-0.3, -0.25) is 4.79 Å². The van der Waals surface area contributed by atoms with Gasteiger partial charge in [0.15, 0.2) is 0 Å². The third-order valence-corrected chi connectivity index (χ3v) is 4.67. The van der Waals surface area contributed by atoms with Crippen LogP contribution in [0.15, 0.2) is 16.7 Å². The summed E-state index contributed by atoms with van der Waals surface area (Å²) in [6, 6.07) is 2.36. The highest BCUT2D eigenvalue weighted by atomic mass is 79.9. The number of nitrogens with zero attached hydrogens (tertiary/aromatic N) is 3. The van der Waals surface area contributed by atoms with Gasteiger partial charge in [0.2, 0.25) is 0 Å². The summed E-state index contributed by atoms with van der Waals surface area (Å²) >= 11 is 3.49. The van der Waals surface area contributed by atoms with Gasteiger partial charge >= 0.3 is 0 Å². The van der Waals surface area contributed by atoms with Gasteiger partial charge in [0, 0.05) is 36.3 Å². The lowest BCUT2D eigenvalue weighted by molar-refractivity contribution is 0.0656. The zero-order valence-electron chi connectivity index (χ0n) is 13.3. The third kappa shape index (κ3) is 4.10. The fraction of sp³-hybridized carbons (Fsp3) is 0.688. The zero-order valence-corrected chi connectivity index (χ0v) is 14.9. The molecular formula is C16H26BrN3O. The highest BCUT2D eigenvalue weighted by molar-refractivity contribution is 9.10. The Morgan fingerprint density at radius 1 is 1.33 bits per heavy atom. The van der Waals surface area contributed by atoms with Crippen molar-refractivity contribution in [1.82, 2.24) is 14.4 Å². The second kappa shape index (κ2) is 7.45. The van der Waals surface area contributed by atoms with Crippen LogP contribution in [0.2, 0.25) is 0 Å². The lowest BCUT2D eigenvalue weighted by atomic mass is 10.2. The Morgan fingerprint density at radius 3 is 2.57 bits per heavy atom. The lowest BCUT2D eigenvalue weighted by Crippen LogP contribution is -2.43. The van der Waals surface area contributed by atoms with E-state index in [1.54, 1.807) is 0 Å². The molecule has 0 N–H and O–H groups in total. The zero-order chi connectivity index (χ0) is 15.4. The summed E-state index contributed by atoms with van der Waals surface area (Å²) in [6.45, 7) is 4.61. The predicted molar refractivity (Wildman–Crippen MR) is 89.7 cm³/mol. The van der Waals surface area contributed by atoms with Crippen molar-refractivity contribution in [3.63, 3.8) is 0 Å². The number of rotatable bonds is 6. The SMILES string of the molecule is CCn1cc(Br)cc1C(=O)N(CCN(C)C)C1CCCC1. The molecule has 1 aromatic rings. The molecule has 118 valence electrons. The molecule has 1 fully saturated rings. The summed E-state index contributed by atoms with van der Waals surface area (Å²) in [5.74, 6) is 0.177. The molecule has 1 amide bonds. The summed E-state index contributed by atoms with van der Waals surface area (Å²) in [4.78, 5) is 17.2. The predicted octanol–water partition coefficient (Wildman–Crippen LogP) is 3.22. The summed E-state index contributed by atoms with van der Waals surface area (Å²) < 4.78 is 3.01. The van der Waals surface area contributed by atoms with E-state index in [4.69, 9.17) is 0 Å². The highest BCUT2D eigenvalue weighted by Gasteiger charge is 2.28. The van der Waals surface area contributed by atoms with Crippen LogP contribution in [0.25, 0.3) is 0 Å². The molecule has 1 aromatic heterocycles. The number of carbonyl (C=O) groups is 1. The maximum absolute atomic E-state index is 13.0. The fourth-order valence-corrected chi connectivity index (χ4v) is 3.50. The Balaban J connectivity index is 2.19. The van der Waals surface area contributed by atoms with Gasteiger partial charge in [-0.1, -0.05) is 12.8 Å². The standard InChI is InChI=1S/C16H26BrN3O/c1-4-19-12-13(17)11-15(19)16(21)20(10-9-18(2)3)14-7-5-6-8-14/h11-12,14H,4-10H2,1-3H3. The van der Waals surface area contributed by atoms with Crippen LogP contribution in [0.3, 0.4) is 0 Å². The molecule has 5 heteroatoms. The summed E-state index contributed by atoms with van der Waals surface area (Å²) in [7, 11) is 4.12. The van der Waals surface area contributed by atoms with Crippen molar-refractivity contribution in [1.29, 1.82) is 0 Å². The van der Waals surface area contributed by atoms with Gasteiger partial charge in [0.25, 0.3) is 5.91 Å². The molecule has 1 aliphatic rings. The highest BCUT2D eigenvalue weighted by Crippen LogP contribution is 2.26. The smallest absolute Gasteiger partial charge is 0.270 e. The molecular weight excluding hydrogens is 330 g/mol. The first kappa shape index (κ1) is 16.6. The Hall–Kier alpha value is -0.810. The second-order valence-electron chi connectivity index (χ2n) is 6.07. The van der Waals surface area contributed by atoms with Crippen LogP contribution in [-0.4, -0.2) is 53.5 Å². The average Bonchev–Trinajstić information content (AvgIpc) is 3.07. The molecule has 0 atom stereocenters. The largest absolute Gasteiger partial charge is 0.343 e. The summed E-state index contributed by atoms with van der Waals surface area (Å²) in [5.41, 5.74) is 0.801. The van der Waals surface area contributed by atoms with Crippen LogP contribution in [0, 0.1) is 0 Å². The Kier molecular flexibility index (Phi) is 5.88. The minimum atomic E-state index is 0.177. The van der Waals surface area contributed by atoms with Gasteiger partial charge in [-0.2, -0.15) is 0 Å². The Morgan fingerprint density at radius 2 is 2.00 bits per heavy atom. The van der Waals surface area contributed by atoms with Crippen LogP contribution in [0.4, 0.5) is 0 Å². The molecule has 0 aromatic carbocycles. The van der Waals surface area contributed by atoms with Crippen LogP contribution >= 0.6 is 15.9 Å². The fourth-order valence-electron chi connectivity index (χ4n) is 3.04. The maximum Gasteiger partial charge on any atom is 0.270 e. The van der Waals surface area contributed by atoms with Gasteiger partial charge in [0.1, 0.15) is 5.69 Å². The lowest BCUT2D eigenvalue weighted by Gasteiger charge is -2.30. The van der Waals surface area contributed by atoms with E-state index in [1.807, 2.05) is 16.8 Å². The summed E-state index contributed by atoms with van der Waals surface area (Å²) in [6.07, 6.45) is 6.77. The van der Waals surface area contributed by atoms with Gasteiger partial charge in [-0.25, -0.2) is 0 Å². The second-order valence-corrected chi connectivity index (χ2v) is 6.99. The van der Waals surface area contributed by atoms with E-state index in [2.05, 4.69) is 46.7 Å². The number of hydrogen-bond acceptors (Lipinski definition) is 2. The van der Waals surface area contributed by atoms with E-state index in [9.17, 15) is 4.79 Å². The molecule has 4 nitrogen and oxygen atoms in total. The van der Waals surface area contributed by atoms with Crippen molar-refractivity contribution in [3.8, 4) is 0 Å². The van der Waals surface area contributed by atoms with E-state index >= 15 is 0 Å². The molecule has 0 radical (unpaired) electrons. The number of aromatic nitrogens is 1. The number of halogens is 1. The van der Waals surface area contributed by atoms with Crippen molar-refractivity contribution in [2.75, 3.05) is 27.2 Å². The van der Waals surface area contributed by atoms with Gasteiger partial charge in [0.05, 0.1) is 0 Å². The molecule has 1 saturated carbocycles. The Bertz CT molecular complexity index is 478. The first-order valence-electron chi connectivity index (χ1n) is 7.84. The first-order chi connectivity index (χ1) is 10.0. The van der Waals surface area contributed by atoms with E-state index in [0.717, 1.165) is 42.6 Å². The Labute approximate surface area is 136 Å². The van der Waals surface area contributed by atoms with Gasteiger partial charge < -0.3 is 14.4 Å². The maximum atomic E-state index is 13.0. The minimum absolute atomic E-state index is 0.177. The normalized spacial score (nSPS) is 15.9. The third-order valence-electron chi connectivity index (χ3n) is 4.24. The van der Waals surface area contributed by atoms with Gasteiger partial charge in [-0.05, 0) is 55.9 Å². The molecule has 2 rings (SSSR count). The van der Waals surface area contributed by atoms with Crippen molar-refractivity contribution in [2.24, 2.45) is 0 Å². The van der Waals surface area contributed by atoms with E-state index in [-0.39, 0.29) is 5.91 Å². The van der Waals surface area contributed by atoms with Crippen LogP contribution in [-0.2, 0) is 6.54 Å². The molecule has 0 spiro atoms. The van der Waals surface area contributed by atoms with E-state index < -0.39 is 0 Å². The van der Waals surface area contributed by atoms with Crippen LogP contribution in [0.5, 0.6) is 0 Å².